The molecule has 1 heterocycles. The highest BCUT2D eigenvalue weighted by Gasteiger charge is 2.38. The molecule has 3 rings (SSSR count). The van der Waals surface area contributed by atoms with Crippen LogP contribution in [-0.4, -0.2) is 35.4 Å². The average molecular weight is 407 g/mol. The Morgan fingerprint density at radius 2 is 1.79 bits per heavy atom. The van der Waals surface area contributed by atoms with E-state index in [1.807, 2.05) is 18.2 Å². The molecule has 1 N–H and O–H groups in total. The van der Waals surface area contributed by atoms with Gasteiger partial charge in [-0.1, -0.05) is 18.2 Å². The Balaban J connectivity index is 1.57. The Morgan fingerprint density at radius 1 is 1.14 bits per heavy atom. The largest absolute Gasteiger partial charge is 0.423 e. The van der Waals surface area contributed by atoms with Crippen molar-refractivity contribution < 1.29 is 22.9 Å². The lowest BCUT2D eigenvalue weighted by Gasteiger charge is -2.32. The van der Waals surface area contributed by atoms with Crippen molar-refractivity contribution in [1.82, 2.24) is 4.90 Å². The van der Waals surface area contributed by atoms with E-state index in [1.54, 1.807) is 17.0 Å². The van der Waals surface area contributed by atoms with Gasteiger partial charge in [0.25, 0.3) is 11.6 Å². The summed E-state index contributed by atoms with van der Waals surface area (Å²) in [6, 6.07) is 11.9. The lowest BCUT2D eigenvalue weighted by Crippen LogP contribution is -2.39. The Morgan fingerprint density at radius 3 is 2.38 bits per heavy atom. The molecule has 1 aliphatic rings. The summed E-state index contributed by atoms with van der Waals surface area (Å²) in [5.41, 5.74) is -1.41. The molecule has 0 unspecified atom stereocenters. The molecule has 2 aromatic rings. The third kappa shape index (κ3) is 5.04. The molecule has 29 heavy (non-hydrogen) atoms. The van der Waals surface area contributed by atoms with Crippen molar-refractivity contribution in [3.8, 4) is 0 Å². The Bertz CT molecular complexity index is 880. The molecule has 1 amide bonds. The molecule has 0 bridgehead atoms. The first kappa shape index (κ1) is 20.6. The first-order valence-electron chi connectivity index (χ1n) is 9.19. The minimum absolute atomic E-state index is 0.0257. The van der Waals surface area contributed by atoms with Gasteiger partial charge in [0.1, 0.15) is 5.56 Å². The second-order valence-electron chi connectivity index (χ2n) is 6.97. The maximum absolute atomic E-state index is 13.1. The van der Waals surface area contributed by atoms with E-state index in [-0.39, 0.29) is 17.5 Å². The van der Waals surface area contributed by atoms with Gasteiger partial charge in [0.15, 0.2) is 0 Å². The molecular weight excluding hydrogens is 387 g/mol. The van der Waals surface area contributed by atoms with Gasteiger partial charge in [-0.2, -0.15) is 13.2 Å². The Hall–Kier alpha value is -3.10. The smallest absolute Gasteiger partial charge is 0.385 e. The highest BCUT2D eigenvalue weighted by molar-refractivity contribution is 5.94. The topological polar surface area (TPSA) is 75.5 Å². The summed E-state index contributed by atoms with van der Waals surface area (Å²) in [5, 5.41) is 13.8. The number of nitro benzene ring substituents is 1. The monoisotopic (exact) mass is 407 g/mol. The number of nitrogens with one attached hydrogen (secondary N) is 1. The molecule has 0 aromatic heterocycles. The standard InChI is InChI=1S/C20H20F3N3O3/c21-20(22,23)17-12-16(6-7-18(17)26(28)29)24-13-14-8-10-25(11-9-14)19(27)15-4-2-1-3-5-15/h1-7,12,14,24H,8-11,13H2. The van der Waals surface area contributed by atoms with Crippen LogP contribution in [0.2, 0.25) is 0 Å². The maximum Gasteiger partial charge on any atom is 0.423 e. The molecule has 1 saturated heterocycles. The average Bonchev–Trinajstić information content (AvgIpc) is 2.72. The Kier molecular flexibility index (Phi) is 6.05. The number of hydrogen-bond donors (Lipinski definition) is 1. The molecule has 1 fully saturated rings. The van der Waals surface area contributed by atoms with Crippen molar-refractivity contribution in [2.45, 2.75) is 19.0 Å². The van der Waals surface area contributed by atoms with Crippen LogP contribution in [0.1, 0.15) is 28.8 Å². The first-order valence-corrected chi connectivity index (χ1v) is 9.19. The highest BCUT2D eigenvalue weighted by atomic mass is 19.4. The van der Waals surface area contributed by atoms with Gasteiger partial charge in [-0.15, -0.1) is 0 Å². The van der Waals surface area contributed by atoms with Gasteiger partial charge < -0.3 is 10.2 Å². The minimum atomic E-state index is -4.80. The molecule has 0 radical (unpaired) electrons. The van der Waals surface area contributed by atoms with Crippen LogP contribution in [0, 0.1) is 16.0 Å². The van der Waals surface area contributed by atoms with E-state index in [0.29, 0.717) is 25.2 Å². The summed E-state index contributed by atoms with van der Waals surface area (Å²) in [6.07, 6.45) is -3.35. The van der Waals surface area contributed by atoms with E-state index < -0.39 is 22.4 Å². The fourth-order valence-electron chi connectivity index (χ4n) is 3.40. The number of nitrogens with zero attached hydrogens (tertiary/aromatic N) is 2. The first-order chi connectivity index (χ1) is 13.8. The summed E-state index contributed by atoms with van der Waals surface area (Å²) in [7, 11) is 0. The molecule has 0 spiro atoms. The van der Waals surface area contributed by atoms with E-state index in [9.17, 15) is 28.1 Å². The number of carbonyl (C=O) groups is 1. The minimum Gasteiger partial charge on any atom is -0.385 e. The molecule has 154 valence electrons. The van der Waals surface area contributed by atoms with E-state index in [4.69, 9.17) is 0 Å². The van der Waals surface area contributed by atoms with E-state index in [0.717, 1.165) is 25.0 Å². The number of benzene rings is 2. The predicted octanol–water partition coefficient (Wildman–Crippen LogP) is 4.58. The van der Waals surface area contributed by atoms with Gasteiger partial charge in [0.05, 0.1) is 4.92 Å². The maximum atomic E-state index is 13.1. The van der Waals surface area contributed by atoms with Crippen LogP contribution in [0.25, 0.3) is 0 Å². The number of rotatable bonds is 5. The summed E-state index contributed by atoms with van der Waals surface area (Å²) in [5.74, 6) is 0.168. The Labute approximate surface area is 165 Å². The van der Waals surface area contributed by atoms with Crippen molar-refractivity contribution in [1.29, 1.82) is 0 Å². The van der Waals surface area contributed by atoms with Crippen LogP contribution >= 0.6 is 0 Å². The van der Waals surface area contributed by atoms with Gasteiger partial charge in [-0.05, 0) is 43.0 Å². The molecular formula is C20H20F3N3O3. The molecule has 0 aliphatic carbocycles. The number of hydrogen-bond acceptors (Lipinski definition) is 4. The normalized spacial score (nSPS) is 15.2. The lowest BCUT2D eigenvalue weighted by atomic mass is 9.96. The van der Waals surface area contributed by atoms with Crippen molar-refractivity contribution in [2.24, 2.45) is 5.92 Å². The summed E-state index contributed by atoms with van der Waals surface area (Å²) < 4.78 is 39.2. The quantitative estimate of drug-likeness (QED) is 0.582. The van der Waals surface area contributed by atoms with Gasteiger partial charge in [0, 0.05) is 37.0 Å². The lowest BCUT2D eigenvalue weighted by molar-refractivity contribution is -0.388. The van der Waals surface area contributed by atoms with E-state index >= 15 is 0 Å². The van der Waals surface area contributed by atoms with Gasteiger partial charge >= 0.3 is 6.18 Å². The van der Waals surface area contributed by atoms with Crippen molar-refractivity contribution in [3.63, 3.8) is 0 Å². The molecule has 2 aromatic carbocycles. The molecule has 1 aliphatic heterocycles. The summed E-state index contributed by atoms with van der Waals surface area (Å²) in [6.45, 7) is 1.59. The van der Waals surface area contributed by atoms with Crippen LogP contribution in [0.3, 0.4) is 0 Å². The number of amides is 1. The number of carbonyl (C=O) groups excluding carboxylic acids is 1. The summed E-state index contributed by atoms with van der Waals surface area (Å²) in [4.78, 5) is 24.0. The van der Waals surface area contributed by atoms with Gasteiger partial charge in [-0.3, -0.25) is 14.9 Å². The van der Waals surface area contributed by atoms with Crippen LogP contribution in [0.4, 0.5) is 24.5 Å². The van der Waals surface area contributed by atoms with Crippen LogP contribution < -0.4 is 5.32 Å². The second kappa shape index (κ2) is 8.50. The molecule has 0 atom stereocenters. The fraction of sp³-hybridized carbons (Fsp3) is 0.350. The summed E-state index contributed by atoms with van der Waals surface area (Å²) >= 11 is 0. The van der Waals surface area contributed by atoms with Crippen LogP contribution in [0.5, 0.6) is 0 Å². The zero-order valence-corrected chi connectivity index (χ0v) is 15.5. The van der Waals surface area contributed by atoms with Crippen LogP contribution in [0.15, 0.2) is 48.5 Å². The highest BCUT2D eigenvalue weighted by Crippen LogP contribution is 2.37. The SMILES string of the molecule is O=C(c1ccccc1)N1CCC(CNc2ccc([N+](=O)[O-])c(C(F)(F)F)c2)CC1. The number of nitro groups is 1. The molecule has 0 saturated carbocycles. The number of piperidine rings is 1. The van der Waals surface area contributed by atoms with Crippen molar-refractivity contribution in [2.75, 3.05) is 25.0 Å². The second-order valence-corrected chi connectivity index (χ2v) is 6.97. The molecule has 9 heteroatoms. The van der Waals surface area contributed by atoms with E-state index in [2.05, 4.69) is 5.32 Å². The van der Waals surface area contributed by atoms with E-state index in [1.165, 1.54) is 6.07 Å². The number of halogens is 3. The number of alkyl halides is 3. The molecule has 6 nitrogen and oxygen atoms in total. The third-order valence-corrected chi connectivity index (χ3v) is 5.02. The zero-order chi connectivity index (χ0) is 21.0. The fourth-order valence-corrected chi connectivity index (χ4v) is 3.40. The van der Waals surface area contributed by atoms with Gasteiger partial charge in [-0.25, -0.2) is 0 Å². The third-order valence-electron chi connectivity index (χ3n) is 5.02. The number of anilines is 1. The number of likely N-dealkylation sites (tertiary alicyclic amines) is 1. The zero-order valence-electron chi connectivity index (χ0n) is 15.5. The predicted molar refractivity (Wildman–Crippen MR) is 102 cm³/mol. The van der Waals surface area contributed by atoms with Gasteiger partial charge in [0.2, 0.25) is 0 Å². The van der Waals surface area contributed by atoms with Crippen molar-refractivity contribution >= 4 is 17.3 Å². The van der Waals surface area contributed by atoms with Crippen LogP contribution in [-0.2, 0) is 6.18 Å². The van der Waals surface area contributed by atoms with Crippen molar-refractivity contribution in [3.05, 3.63) is 69.8 Å².